The number of carbonyl (C=O) groups excluding carboxylic acids is 1. The number of anilines is 1. The quantitative estimate of drug-likeness (QED) is 0.141. The van der Waals surface area contributed by atoms with E-state index in [0.29, 0.717) is 56.9 Å². The van der Waals surface area contributed by atoms with Crippen molar-refractivity contribution in [1.82, 2.24) is 9.88 Å². The first-order valence-electron chi connectivity index (χ1n) is 14.0. The van der Waals surface area contributed by atoms with Crippen molar-refractivity contribution in [1.29, 1.82) is 0 Å². The molecule has 0 fully saturated rings. The maximum Gasteiger partial charge on any atom is 0.257 e. The summed E-state index contributed by atoms with van der Waals surface area (Å²) in [5.41, 5.74) is 2.96. The van der Waals surface area contributed by atoms with Crippen molar-refractivity contribution < 1.29 is 23.7 Å². The molecule has 43 heavy (non-hydrogen) atoms. The molecule has 0 aliphatic carbocycles. The minimum atomic E-state index is -0.332. The number of rotatable bonds is 12. The number of amides is 1. The van der Waals surface area contributed by atoms with Gasteiger partial charge < -0.3 is 34.1 Å². The molecule has 9 heteroatoms. The molecular formula is C34H35N3O6. The Balaban J connectivity index is 1.17. The number of nitrogens with zero attached hydrogens (tertiary/aromatic N) is 1. The van der Waals surface area contributed by atoms with E-state index in [1.54, 1.807) is 69.9 Å². The van der Waals surface area contributed by atoms with Gasteiger partial charge in [0.05, 0.1) is 44.5 Å². The van der Waals surface area contributed by atoms with Gasteiger partial charge in [0, 0.05) is 29.5 Å². The highest BCUT2D eigenvalue weighted by Gasteiger charge is 2.16. The lowest BCUT2D eigenvalue weighted by molar-refractivity contribution is 0.102. The summed E-state index contributed by atoms with van der Waals surface area (Å²) in [5.74, 6) is 2.35. The van der Waals surface area contributed by atoms with Crippen molar-refractivity contribution in [3.8, 4) is 23.0 Å². The first-order chi connectivity index (χ1) is 20.9. The summed E-state index contributed by atoms with van der Waals surface area (Å²) in [5, 5.41) is 3.86. The number of pyridine rings is 1. The minimum absolute atomic E-state index is 0.161. The molecule has 0 aliphatic rings. The van der Waals surface area contributed by atoms with Crippen LogP contribution < -0.4 is 29.7 Å². The number of hydrogen-bond donors (Lipinski definition) is 2. The van der Waals surface area contributed by atoms with Crippen LogP contribution in [0.25, 0.3) is 21.8 Å². The van der Waals surface area contributed by atoms with Crippen LogP contribution in [0.1, 0.15) is 22.3 Å². The van der Waals surface area contributed by atoms with Gasteiger partial charge in [-0.2, -0.15) is 0 Å². The van der Waals surface area contributed by atoms with Crippen molar-refractivity contribution in [2.75, 3.05) is 46.8 Å². The standard InChI is InChI=1S/C34H35N3O6/c1-37(21-22-12-17-28(40-2)30(20-22)42-4)18-7-19-43-24-15-13-23(14-16-24)35-34(39)27-10-5-8-25-31(27)36-32-26(33(25)38)9-6-11-29(32)41-3/h5-6,8-17,20H,7,18-19,21H2,1-4H3,(H,35,39)(H,36,38). The van der Waals surface area contributed by atoms with Gasteiger partial charge in [0.15, 0.2) is 16.9 Å². The van der Waals surface area contributed by atoms with E-state index >= 15 is 0 Å². The SMILES string of the molecule is COc1ccc(CN(C)CCCOc2ccc(NC(=O)c3cccc4c(=O)c5cccc(OC)c5[nH]c34)cc2)cc1OC. The molecule has 0 saturated heterocycles. The van der Waals surface area contributed by atoms with E-state index in [4.69, 9.17) is 18.9 Å². The molecule has 4 aromatic carbocycles. The Bertz CT molecular complexity index is 1800. The van der Waals surface area contributed by atoms with Gasteiger partial charge >= 0.3 is 0 Å². The number of aromatic nitrogens is 1. The summed E-state index contributed by atoms with van der Waals surface area (Å²) in [6, 6.07) is 23.6. The number of nitrogens with one attached hydrogen (secondary N) is 2. The van der Waals surface area contributed by atoms with Crippen LogP contribution in [0, 0.1) is 0 Å². The Morgan fingerprint density at radius 2 is 1.51 bits per heavy atom. The zero-order valence-electron chi connectivity index (χ0n) is 24.7. The summed E-state index contributed by atoms with van der Waals surface area (Å²) in [6.07, 6.45) is 0.848. The molecule has 1 amide bonds. The zero-order valence-corrected chi connectivity index (χ0v) is 24.7. The number of para-hydroxylation sites is 2. The second-order valence-electron chi connectivity index (χ2n) is 10.2. The van der Waals surface area contributed by atoms with Gasteiger partial charge in [-0.05, 0) is 79.7 Å². The van der Waals surface area contributed by atoms with Crippen LogP contribution in [-0.4, -0.2) is 57.3 Å². The molecule has 1 heterocycles. The van der Waals surface area contributed by atoms with E-state index in [0.717, 1.165) is 30.8 Å². The van der Waals surface area contributed by atoms with E-state index in [1.807, 2.05) is 30.3 Å². The molecule has 222 valence electrons. The van der Waals surface area contributed by atoms with Crippen molar-refractivity contribution in [2.45, 2.75) is 13.0 Å². The lowest BCUT2D eigenvalue weighted by Crippen LogP contribution is -2.20. The van der Waals surface area contributed by atoms with Crippen LogP contribution >= 0.6 is 0 Å². The molecule has 0 aliphatic heterocycles. The van der Waals surface area contributed by atoms with Gasteiger partial charge in [-0.25, -0.2) is 0 Å². The fourth-order valence-electron chi connectivity index (χ4n) is 5.08. The van der Waals surface area contributed by atoms with Crippen LogP contribution in [-0.2, 0) is 6.54 Å². The van der Waals surface area contributed by atoms with Crippen LogP contribution in [0.2, 0.25) is 0 Å². The highest BCUT2D eigenvalue weighted by Crippen LogP contribution is 2.28. The number of aromatic amines is 1. The van der Waals surface area contributed by atoms with E-state index in [9.17, 15) is 9.59 Å². The van der Waals surface area contributed by atoms with Crippen LogP contribution in [0.15, 0.2) is 83.7 Å². The maximum absolute atomic E-state index is 13.3. The monoisotopic (exact) mass is 581 g/mol. The molecule has 0 radical (unpaired) electrons. The van der Waals surface area contributed by atoms with E-state index in [2.05, 4.69) is 22.2 Å². The van der Waals surface area contributed by atoms with Crippen molar-refractivity contribution in [3.63, 3.8) is 0 Å². The summed E-state index contributed by atoms with van der Waals surface area (Å²) in [7, 11) is 6.88. The Hall–Kier alpha value is -5.02. The number of fused-ring (bicyclic) bond motifs is 2. The Kier molecular flexibility index (Phi) is 9.12. The average molecular weight is 582 g/mol. The van der Waals surface area contributed by atoms with E-state index in [1.165, 1.54) is 0 Å². The molecule has 1 aromatic heterocycles. The molecule has 5 aromatic rings. The zero-order chi connectivity index (χ0) is 30.3. The topological polar surface area (TPSA) is 102 Å². The van der Waals surface area contributed by atoms with Gasteiger partial charge in [0.2, 0.25) is 0 Å². The third-order valence-electron chi connectivity index (χ3n) is 7.26. The Labute approximate surface area is 249 Å². The molecule has 2 N–H and O–H groups in total. The minimum Gasteiger partial charge on any atom is -0.495 e. The summed E-state index contributed by atoms with van der Waals surface area (Å²) >= 11 is 0. The predicted octanol–water partition coefficient (Wildman–Crippen LogP) is 5.86. The molecular weight excluding hydrogens is 546 g/mol. The Morgan fingerprint density at radius 1 is 0.814 bits per heavy atom. The first-order valence-corrected chi connectivity index (χ1v) is 14.0. The largest absolute Gasteiger partial charge is 0.495 e. The average Bonchev–Trinajstić information content (AvgIpc) is 3.03. The summed E-state index contributed by atoms with van der Waals surface area (Å²) in [4.78, 5) is 31.9. The Morgan fingerprint density at radius 3 is 2.23 bits per heavy atom. The fourth-order valence-corrected chi connectivity index (χ4v) is 5.08. The molecule has 0 bridgehead atoms. The molecule has 5 rings (SSSR count). The van der Waals surface area contributed by atoms with Gasteiger partial charge in [0.1, 0.15) is 11.5 Å². The number of methoxy groups -OCH3 is 3. The number of benzene rings is 4. The first kappa shape index (κ1) is 29.5. The lowest BCUT2D eigenvalue weighted by atomic mass is 10.1. The second-order valence-corrected chi connectivity index (χ2v) is 10.2. The smallest absolute Gasteiger partial charge is 0.257 e. The molecule has 0 atom stereocenters. The van der Waals surface area contributed by atoms with Gasteiger partial charge in [-0.3, -0.25) is 9.59 Å². The van der Waals surface area contributed by atoms with Gasteiger partial charge in [-0.15, -0.1) is 0 Å². The van der Waals surface area contributed by atoms with Crippen molar-refractivity contribution >= 4 is 33.4 Å². The fraction of sp³-hybridized carbons (Fsp3) is 0.235. The molecule has 0 saturated carbocycles. The van der Waals surface area contributed by atoms with Gasteiger partial charge in [-0.1, -0.05) is 18.2 Å². The maximum atomic E-state index is 13.3. The second kappa shape index (κ2) is 13.3. The third kappa shape index (κ3) is 6.57. The lowest BCUT2D eigenvalue weighted by Gasteiger charge is -2.18. The predicted molar refractivity (Wildman–Crippen MR) is 169 cm³/mol. The number of H-pyrrole nitrogens is 1. The van der Waals surface area contributed by atoms with Gasteiger partial charge in [0.25, 0.3) is 5.91 Å². The van der Waals surface area contributed by atoms with Crippen molar-refractivity contribution in [2.24, 2.45) is 0 Å². The number of hydrogen-bond acceptors (Lipinski definition) is 7. The number of ether oxygens (including phenoxy) is 4. The highest BCUT2D eigenvalue weighted by atomic mass is 16.5. The molecule has 0 spiro atoms. The van der Waals surface area contributed by atoms with Crippen LogP contribution in [0.3, 0.4) is 0 Å². The van der Waals surface area contributed by atoms with E-state index < -0.39 is 0 Å². The third-order valence-corrected chi connectivity index (χ3v) is 7.26. The van der Waals surface area contributed by atoms with E-state index in [-0.39, 0.29) is 11.3 Å². The van der Waals surface area contributed by atoms with Crippen molar-refractivity contribution in [3.05, 3.63) is 100 Å². The number of carbonyl (C=O) groups is 1. The van der Waals surface area contributed by atoms with Crippen LogP contribution in [0.5, 0.6) is 23.0 Å². The van der Waals surface area contributed by atoms with Crippen LogP contribution in [0.4, 0.5) is 5.69 Å². The highest BCUT2D eigenvalue weighted by molar-refractivity contribution is 6.13. The molecule has 0 unspecified atom stereocenters. The normalized spacial score (nSPS) is 11.1. The summed E-state index contributed by atoms with van der Waals surface area (Å²) in [6.45, 7) is 2.20. The summed E-state index contributed by atoms with van der Waals surface area (Å²) < 4.78 is 22.1. The molecule has 9 nitrogen and oxygen atoms in total.